The zero-order chi connectivity index (χ0) is 18.8. The van der Waals surface area contributed by atoms with Gasteiger partial charge in [-0.3, -0.25) is 5.43 Å². The lowest BCUT2D eigenvalue weighted by molar-refractivity contribution is 0.490. The van der Waals surface area contributed by atoms with Crippen LogP contribution in [0.1, 0.15) is 25.7 Å². The van der Waals surface area contributed by atoms with Crippen LogP contribution >= 0.6 is 23.1 Å². The molecule has 7 heteroatoms. The van der Waals surface area contributed by atoms with Gasteiger partial charge in [0, 0.05) is 0 Å². The molecule has 0 saturated heterocycles. The summed E-state index contributed by atoms with van der Waals surface area (Å²) in [7, 11) is 0. The molecule has 1 aliphatic carbocycles. The Bertz CT molecular complexity index is 1130. The quantitative estimate of drug-likeness (QED) is 0.304. The first kappa shape index (κ1) is 17.5. The van der Waals surface area contributed by atoms with E-state index in [0.29, 0.717) is 5.22 Å². The molecule has 1 aliphatic rings. The Balaban J connectivity index is 1.34. The number of nitrogens with one attached hydrogen (secondary N) is 1. The largest absolute Gasteiger partial charge is 0.431 e. The van der Waals surface area contributed by atoms with Crippen molar-refractivity contribution in [2.24, 2.45) is 5.10 Å². The minimum atomic E-state index is 0.697. The molecule has 1 N–H and O–H groups in total. The summed E-state index contributed by atoms with van der Waals surface area (Å²) in [5.74, 6) is 0. The normalized spacial score (nSPS) is 15.1. The second-order valence-electron chi connectivity index (χ2n) is 6.56. The van der Waals surface area contributed by atoms with E-state index in [9.17, 15) is 0 Å². The Morgan fingerprint density at radius 1 is 1.00 bits per heavy atom. The number of fused-ring (bicyclic) bond motifs is 2. The minimum absolute atomic E-state index is 0.697. The molecule has 0 bridgehead atoms. The van der Waals surface area contributed by atoms with Crippen molar-refractivity contribution in [3.63, 3.8) is 0 Å². The first-order chi connectivity index (χ1) is 13.8. The molecule has 5 nitrogen and oxygen atoms in total. The third-order valence-corrected chi connectivity index (χ3v) is 6.62. The number of aromatic nitrogens is 2. The van der Waals surface area contributed by atoms with E-state index in [4.69, 9.17) is 4.42 Å². The molecular weight excluding hydrogens is 388 g/mol. The molecule has 140 valence electrons. The van der Waals surface area contributed by atoms with Gasteiger partial charge in [-0.25, -0.2) is 9.97 Å². The van der Waals surface area contributed by atoms with Crippen molar-refractivity contribution in [1.82, 2.24) is 9.97 Å². The zero-order valence-corrected chi connectivity index (χ0v) is 16.7. The van der Waals surface area contributed by atoms with E-state index in [1.54, 1.807) is 23.1 Å². The number of nitrogens with zero attached hydrogens (tertiary/aromatic N) is 3. The van der Waals surface area contributed by atoms with Gasteiger partial charge in [-0.15, -0.1) is 0 Å². The fourth-order valence-corrected chi connectivity index (χ4v) is 5.07. The summed E-state index contributed by atoms with van der Waals surface area (Å²) in [5.41, 5.74) is 7.04. The number of hydrogen-bond acceptors (Lipinski definition) is 7. The van der Waals surface area contributed by atoms with Crippen molar-refractivity contribution in [1.29, 1.82) is 0 Å². The van der Waals surface area contributed by atoms with Crippen molar-refractivity contribution >= 4 is 55.8 Å². The minimum Gasteiger partial charge on any atom is -0.431 e. The van der Waals surface area contributed by atoms with Crippen LogP contribution in [-0.2, 0) is 0 Å². The summed E-state index contributed by atoms with van der Waals surface area (Å²) in [4.78, 5) is 10.4. The second kappa shape index (κ2) is 7.77. The molecule has 0 spiro atoms. The molecule has 0 atom stereocenters. The number of anilines is 1. The highest BCUT2D eigenvalue weighted by molar-refractivity contribution is 8.02. The Labute approximate surface area is 170 Å². The molecule has 2 aromatic carbocycles. The molecule has 0 saturated carbocycles. The number of rotatable bonds is 5. The smallest absolute Gasteiger partial charge is 0.261 e. The predicted octanol–water partition coefficient (Wildman–Crippen LogP) is 6.46. The van der Waals surface area contributed by atoms with Crippen molar-refractivity contribution in [2.75, 3.05) is 5.43 Å². The maximum Gasteiger partial charge on any atom is 0.261 e. The Hall–Kier alpha value is -2.64. The average Bonchev–Trinajstić information content (AvgIpc) is 3.32. The molecule has 5 rings (SSSR count). The molecular formula is C21H18N4OS2. The fourth-order valence-electron chi connectivity index (χ4n) is 3.24. The number of benzene rings is 2. The molecule has 0 radical (unpaired) electrons. The molecule has 0 unspecified atom stereocenters. The predicted molar refractivity (Wildman–Crippen MR) is 117 cm³/mol. The van der Waals surface area contributed by atoms with E-state index >= 15 is 0 Å². The second-order valence-corrected chi connectivity index (χ2v) is 8.64. The number of thioether (sulfide) groups is 1. The number of oxazole rings is 1. The van der Waals surface area contributed by atoms with Gasteiger partial charge in [0.2, 0.25) is 5.13 Å². The van der Waals surface area contributed by atoms with E-state index in [1.165, 1.54) is 23.3 Å². The van der Waals surface area contributed by atoms with Gasteiger partial charge in [0.15, 0.2) is 5.58 Å². The Morgan fingerprint density at radius 3 is 2.71 bits per heavy atom. The summed E-state index contributed by atoms with van der Waals surface area (Å²) in [6, 6.07) is 16.0. The van der Waals surface area contributed by atoms with Crippen LogP contribution in [0, 0.1) is 0 Å². The van der Waals surface area contributed by atoms with Gasteiger partial charge in [0.25, 0.3) is 5.22 Å². The van der Waals surface area contributed by atoms with E-state index in [2.05, 4.69) is 26.6 Å². The highest BCUT2D eigenvalue weighted by Gasteiger charge is 2.16. The number of hydrogen-bond donors (Lipinski definition) is 1. The zero-order valence-electron chi connectivity index (χ0n) is 15.1. The summed E-state index contributed by atoms with van der Waals surface area (Å²) in [6.07, 6.45) is 6.35. The van der Waals surface area contributed by atoms with Crippen LogP contribution in [-0.4, -0.2) is 16.2 Å². The van der Waals surface area contributed by atoms with Gasteiger partial charge < -0.3 is 4.42 Å². The third kappa shape index (κ3) is 3.68. The molecule has 28 heavy (non-hydrogen) atoms. The summed E-state index contributed by atoms with van der Waals surface area (Å²) in [6.45, 7) is 0. The van der Waals surface area contributed by atoms with Crippen molar-refractivity contribution < 1.29 is 4.42 Å². The number of hydrazone groups is 1. The maximum absolute atomic E-state index is 5.88. The topological polar surface area (TPSA) is 63.3 Å². The van der Waals surface area contributed by atoms with Gasteiger partial charge >= 0.3 is 0 Å². The van der Waals surface area contributed by atoms with Crippen LogP contribution in [0.3, 0.4) is 0 Å². The van der Waals surface area contributed by atoms with Gasteiger partial charge in [-0.2, -0.15) is 5.10 Å². The van der Waals surface area contributed by atoms with Crippen LogP contribution < -0.4 is 5.43 Å². The van der Waals surface area contributed by atoms with Gasteiger partial charge in [0.1, 0.15) is 5.52 Å². The van der Waals surface area contributed by atoms with Gasteiger partial charge in [-0.1, -0.05) is 35.6 Å². The van der Waals surface area contributed by atoms with E-state index in [-0.39, 0.29) is 0 Å². The standard InChI is InChI=1S/C21H18N4OS2/c1-5-11-18(28-21-24-15-8-2-4-10-17(15)26-21)14(7-1)13-22-25-20-23-16-9-3-6-12-19(16)27-20/h2-4,6,8-10,12-13H,1,5,7,11H2,(H,23,25)/b22-13+. The Morgan fingerprint density at radius 2 is 1.82 bits per heavy atom. The maximum atomic E-state index is 5.88. The molecule has 2 aromatic heterocycles. The van der Waals surface area contributed by atoms with Crippen LogP contribution in [0.4, 0.5) is 5.13 Å². The van der Waals surface area contributed by atoms with Crippen LogP contribution in [0.2, 0.25) is 0 Å². The molecule has 4 aromatic rings. The summed E-state index contributed by atoms with van der Waals surface area (Å²) >= 11 is 3.23. The van der Waals surface area contributed by atoms with Crippen LogP contribution in [0.5, 0.6) is 0 Å². The summed E-state index contributed by atoms with van der Waals surface area (Å²) < 4.78 is 7.03. The molecule has 0 aliphatic heterocycles. The highest BCUT2D eigenvalue weighted by atomic mass is 32.2. The van der Waals surface area contributed by atoms with Crippen molar-refractivity contribution in [3.8, 4) is 0 Å². The van der Waals surface area contributed by atoms with Crippen molar-refractivity contribution in [3.05, 3.63) is 59.0 Å². The molecule has 0 amide bonds. The lowest BCUT2D eigenvalue weighted by Crippen LogP contribution is -2.00. The molecule has 0 fully saturated rings. The first-order valence-electron chi connectivity index (χ1n) is 9.25. The summed E-state index contributed by atoms with van der Waals surface area (Å²) in [5, 5.41) is 5.95. The van der Waals surface area contributed by atoms with Crippen LogP contribution in [0.15, 0.2) is 73.8 Å². The third-order valence-electron chi connectivity index (χ3n) is 4.62. The van der Waals surface area contributed by atoms with E-state index in [0.717, 1.165) is 39.3 Å². The van der Waals surface area contributed by atoms with Gasteiger partial charge in [-0.05, 0) is 72.2 Å². The Kier molecular flexibility index (Phi) is 4.85. The fraction of sp³-hybridized carbons (Fsp3) is 0.190. The number of para-hydroxylation sites is 3. The average molecular weight is 407 g/mol. The molecule has 2 heterocycles. The lowest BCUT2D eigenvalue weighted by atomic mass is 10.0. The lowest BCUT2D eigenvalue weighted by Gasteiger charge is -2.15. The van der Waals surface area contributed by atoms with E-state index in [1.807, 2.05) is 48.7 Å². The van der Waals surface area contributed by atoms with Crippen LogP contribution in [0.25, 0.3) is 21.3 Å². The van der Waals surface area contributed by atoms with Crippen molar-refractivity contribution in [2.45, 2.75) is 30.9 Å². The SMILES string of the molecule is C(=N\Nc1nc2ccccc2s1)/C1=C(Sc2nc3ccccc3o2)CCCC1. The number of allylic oxidation sites excluding steroid dienone is 2. The number of thiazole rings is 1. The monoisotopic (exact) mass is 406 g/mol. The first-order valence-corrected chi connectivity index (χ1v) is 10.9. The highest BCUT2D eigenvalue weighted by Crippen LogP contribution is 2.37. The van der Waals surface area contributed by atoms with E-state index < -0.39 is 0 Å². The van der Waals surface area contributed by atoms with Gasteiger partial charge in [0.05, 0.1) is 16.4 Å².